The molecule has 0 unspecified atom stereocenters. The third kappa shape index (κ3) is 2.21. The first-order valence-electron chi connectivity index (χ1n) is 6.38. The zero-order chi connectivity index (χ0) is 14.1. The van der Waals surface area contributed by atoms with Gasteiger partial charge in [0.05, 0.1) is 17.1 Å². The van der Waals surface area contributed by atoms with Gasteiger partial charge >= 0.3 is 0 Å². The predicted octanol–water partition coefficient (Wildman–Crippen LogP) is 4.11. The Morgan fingerprint density at radius 1 is 1.05 bits per heavy atom. The van der Waals surface area contributed by atoms with Crippen molar-refractivity contribution in [3.8, 4) is 22.5 Å². The molecule has 20 heavy (non-hydrogen) atoms. The van der Waals surface area contributed by atoms with Crippen molar-refractivity contribution in [3.05, 3.63) is 59.4 Å². The van der Waals surface area contributed by atoms with E-state index in [1.807, 2.05) is 61.1 Å². The molecule has 3 aromatic rings. The van der Waals surface area contributed by atoms with Crippen LogP contribution < -0.4 is 0 Å². The minimum Gasteiger partial charge on any atom is -0.267 e. The van der Waals surface area contributed by atoms with Crippen LogP contribution in [0.5, 0.6) is 0 Å². The third-order valence-electron chi connectivity index (χ3n) is 3.26. The van der Waals surface area contributed by atoms with Crippen LogP contribution in [0.1, 0.15) is 5.69 Å². The fourth-order valence-corrected chi connectivity index (χ4v) is 2.54. The van der Waals surface area contributed by atoms with Gasteiger partial charge in [-0.15, -0.1) is 0 Å². The quantitative estimate of drug-likeness (QED) is 0.708. The summed E-state index contributed by atoms with van der Waals surface area (Å²) in [4.78, 5) is 4.45. The molecule has 0 aliphatic rings. The number of benzene rings is 1. The second-order valence-corrected chi connectivity index (χ2v) is 5.09. The van der Waals surface area contributed by atoms with E-state index in [2.05, 4.69) is 10.1 Å². The van der Waals surface area contributed by atoms with E-state index in [0.29, 0.717) is 0 Å². The summed E-state index contributed by atoms with van der Waals surface area (Å²) in [5.41, 5.74) is 5.10. The Labute approximate surface area is 122 Å². The fourth-order valence-electron chi connectivity index (χ4n) is 2.41. The van der Waals surface area contributed by atoms with E-state index in [0.717, 1.165) is 33.2 Å². The molecule has 0 N–H and O–H groups in total. The highest BCUT2D eigenvalue weighted by Gasteiger charge is 2.17. The van der Waals surface area contributed by atoms with Crippen LogP contribution in [0.2, 0.25) is 5.02 Å². The fraction of sp³-hybridized carbons (Fsp3) is 0.125. The summed E-state index contributed by atoms with van der Waals surface area (Å²) >= 11 is 5.97. The zero-order valence-corrected chi connectivity index (χ0v) is 12.1. The standard InChI is InChI=1S/C16H14ClN3/c1-11-15(14-5-3-4-10-18-14)16(20(2)19-11)12-6-8-13(17)9-7-12/h3-10H,1-2H3. The smallest absolute Gasteiger partial charge is 0.0776 e. The number of halogens is 1. The molecule has 3 nitrogen and oxygen atoms in total. The predicted molar refractivity (Wildman–Crippen MR) is 81.6 cm³/mol. The SMILES string of the molecule is Cc1nn(C)c(-c2ccc(Cl)cc2)c1-c1ccccn1. The summed E-state index contributed by atoms with van der Waals surface area (Å²) < 4.78 is 1.89. The van der Waals surface area contributed by atoms with Gasteiger partial charge in [0.1, 0.15) is 0 Å². The first kappa shape index (κ1) is 12.9. The highest BCUT2D eigenvalue weighted by Crippen LogP contribution is 2.33. The average molecular weight is 284 g/mol. The van der Waals surface area contributed by atoms with Gasteiger partial charge in [-0.3, -0.25) is 9.67 Å². The van der Waals surface area contributed by atoms with Gasteiger partial charge in [-0.25, -0.2) is 0 Å². The van der Waals surface area contributed by atoms with Crippen molar-refractivity contribution >= 4 is 11.6 Å². The highest BCUT2D eigenvalue weighted by atomic mass is 35.5. The van der Waals surface area contributed by atoms with Gasteiger partial charge < -0.3 is 0 Å². The number of rotatable bonds is 2. The van der Waals surface area contributed by atoms with E-state index in [1.54, 1.807) is 6.20 Å². The molecular weight excluding hydrogens is 270 g/mol. The summed E-state index contributed by atoms with van der Waals surface area (Å²) in [7, 11) is 1.95. The molecule has 0 atom stereocenters. The number of aromatic nitrogens is 3. The second kappa shape index (κ2) is 5.10. The molecule has 2 heterocycles. The van der Waals surface area contributed by atoms with Gasteiger partial charge in [-0.2, -0.15) is 5.10 Å². The Balaban J connectivity index is 2.23. The largest absolute Gasteiger partial charge is 0.267 e. The van der Waals surface area contributed by atoms with Crippen molar-refractivity contribution in [1.82, 2.24) is 14.8 Å². The molecule has 0 amide bonds. The summed E-state index contributed by atoms with van der Waals surface area (Å²) in [6, 6.07) is 13.7. The molecule has 3 rings (SSSR count). The molecule has 0 aliphatic heterocycles. The van der Waals surface area contributed by atoms with Crippen LogP contribution in [0.4, 0.5) is 0 Å². The minimum absolute atomic E-state index is 0.729. The monoisotopic (exact) mass is 283 g/mol. The number of nitrogens with zero attached hydrogens (tertiary/aromatic N) is 3. The van der Waals surface area contributed by atoms with E-state index in [9.17, 15) is 0 Å². The summed E-state index contributed by atoms with van der Waals surface area (Å²) in [6.07, 6.45) is 1.80. The molecule has 2 aromatic heterocycles. The van der Waals surface area contributed by atoms with E-state index in [4.69, 9.17) is 11.6 Å². The maximum Gasteiger partial charge on any atom is 0.0776 e. The normalized spacial score (nSPS) is 10.8. The lowest BCUT2D eigenvalue weighted by atomic mass is 10.0. The lowest BCUT2D eigenvalue weighted by Crippen LogP contribution is -1.94. The maximum atomic E-state index is 5.97. The van der Waals surface area contributed by atoms with Crippen molar-refractivity contribution in [2.75, 3.05) is 0 Å². The van der Waals surface area contributed by atoms with Crippen molar-refractivity contribution in [2.45, 2.75) is 6.92 Å². The average Bonchev–Trinajstić information content (AvgIpc) is 2.75. The summed E-state index contributed by atoms with van der Waals surface area (Å²) in [6.45, 7) is 2.00. The molecule has 0 radical (unpaired) electrons. The second-order valence-electron chi connectivity index (χ2n) is 4.65. The number of aryl methyl sites for hydroxylation is 2. The number of hydrogen-bond donors (Lipinski definition) is 0. The molecule has 100 valence electrons. The Bertz CT molecular complexity index is 730. The van der Waals surface area contributed by atoms with Crippen LogP contribution in [0, 0.1) is 6.92 Å². The summed E-state index contributed by atoms with van der Waals surface area (Å²) in [5.74, 6) is 0. The van der Waals surface area contributed by atoms with E-state index < -0.39 is 0 Å². The van der Waals surface area contributed by atoms with Crippen LogP contribution in [-0.4, -0.2) is 14.8 Å². The molecule has 0 fully saturated rings. The lowest BCUT2D eigenvalue weighted by molar-refractivity contribution is 0.764. The number of hydrogen-bond acceptors (Lipinski definition) is 2. The first-order chi connectivity index (χ1) is 9.66. The van der Waals surface area contributed by atoms with E-state index >= 15 is 0 Å². The van der Waals surface area contributed by atoms with Gasteiger partial charge in [-0.1, -0.05) is 29.8 Å². The van der Waals surface area contributed by atoms with Gasteiger partial charge in [0.25, 0.3) is 0 Å². The molecule has 0 aliphatic carbocycles. The Hall–Kier alpha value is -2.13. The molecule has 1 aromatic carbocycles. The van der Waals surface area contributed by atoms with Gasteiger partial charge in [0, 0.05) is 29.4 Å². The van der Waals surface area contributed by atoms with Crippen molar-refractivity contribution in [3.63, 3.8) is 0 Å². The van der Waals surface area contributed by atoms with Crippen LogP contribution in [0.15, 0.2) is 48.7 Å². The topological polar surface area (TPSA) is 30.7 Å². The highest BCUT2D eigenvalue weighted by molar-refractivity contribution is 6.30. The number of pyridine rings is 1. The molecule has 0 saturated heterocycles. The van der Waals surface area contributed by atoms with E-state index in [-0.39, 0.29) is 0 Å². The van der Waals surface area contributed by atoms with Crippen LogP contribution in [-0.2, 0) is 7.05 Å². The molecular formula is C16H14ClN3. The minimum atomic E-state index is 0.729. The third-order valence-corrected chi connectivity index (χ3v) is 3.51. The van der Waals surface area contributed by atoms with Crippen LogP contribution in [0.3, 0.4) is 0 Å². The van der Waals surface area contributed by atoms with Gasteiger partial charge in [0.15, 0.2) is 0 Å². The molecule has 0 spiro atoms. The Morgan fingerprint density at radius 2 is 1.80 bits per heavy atom. The molecule has 0 saturated carbocycles. The molecule has 0 bridgehead atoms. The van der Waals surface area contributed by atoms with Crippen molar-refractivity contribution in [1.29, 1.82) is 0 Å². The maximum absolute atomic E-state index is 5.97. The Morgan fingerprint density at radius 3 is 2.45 bits per heavy atom. The first-order valence-corrected chi connectivity index (χ1v) is 6.75. The van der Waals surface area contributed by atoms with Gasteiger partial charge in [0.2, 0.25) is 0 Å². The van der Waals surface area contributed by atoms with Crippen molar-refractivity contribution < 1.29 is 0 Å². The van der Waals surface area contributed by atoms with Crippen LogP contribution in [0.25, 0.3) is 22.5 Å². The molecule has 4 heteroatoms. The van der Waals surface area contributed by atoms with Crippen LogP contribution >= 0.6 is 11.6 Å². The lowest BCUT2D eigenvalue weighted by Gasteiger charge is -2.07. The summed E-state index contributed by atoms with van der Waals surface area (Å²) in [5, 5.41) is 5.26. The zero-order valence-electron chi connectivity index (χ0n) is 11.3. The van der Waals surface area contributed by atoms with Gasteiger partial charge in [-0.05, 0) is 31.2 Å². The van der Waals surface area contributed by atoms with E-state index in [1.165, 1.54) is 0 Å². The Kier molecular flexibility index (Phi) is 3.28. The van der Waals surface area contributed by atoms with Crippen molar-refractivity contribution in [2.24, 2.45) is 7.05 Å².